The molecule has 0 fully saturated rings. The monoisotopic (exact) mass is 352 g/mol. The third kappa shape index (κ3) is 4.14. The van der Waals surface area contributed by atoms with Gasteiger partial charge < -0.3 is 19.5 Å². The maximum atomic E-state index is 11.4. The Morgan fingerprint density at radius 3 is 2.08 bits per heavy atom. The molecule has 0 radical (unpaired) electrons. The van der Waals surface area contributed by atoms with Crippen LogP contribution in [0.5, 0.6) is 17.2 Å². The van der Waals surface area contributed by atoms with Crippen LogP contribution in [0.3, 0.4) is 0 Å². The molecule has 134 valence electrons. The van der Waals surface area contributed by atoms with E-state index in [1.165, 1.54) is 20.1 Å². The zero-order valence-corrected chi connectivity index (χ0v) is 15.1. The number of amides is 1. The molecule has 2 rings (SSSR count). The Kier molecular flexibility index (Phi) is 6.23. The van der Waals surface area contributed by atoms with E-state index in [1.807, 2.05) is 12.1 Å². The van der Waals surface area contributed by atoms with E-state index < -0.39 is 0 Å². The summed E-state index contributed by atoms with van der Waals surface area (Å²) in [6.07, 6.45) is 1.45. The van der Waals surface area contributed by atoms with Crippen molar-refractivity contribution in [2.75, 3.05) is 26.6 Å². The van der Waals surface area contributed by atoms with Crippen LogP contribution < -0.4 is 19.5 Å². The molecule has 0 aliphatic carbocycles. The van der Waals surface area contributed by atoms with E-state index in [2.05, 4.69) is 11.4 Å². The van der Waals surface area contributed by atoms with Crippen molar-refractivity contribution >= 4 is 17.2 Å². The van der Waals surface area contributed by atoms with E-state index in [0.29, 0.717) is 28.5 Å². The minimum Gasteiger partial charge on any atom is -0.495 e. The number of benzene rings is 2. The highest BCUT2D eigenvalue weighted by Gasteiger charge is 2.13. The number of ether oxygens (including phenoxy) is 3. The molecule has 6 nitrogen and oxygen atoms in total. The van der Waals surface area contributed by atoms with Crippen LogP contribution in [0, 0.1) is 11.3 Å². The summed E-state index contributed by atoms with van der Waals surface area (Å²) in [5.74, 6) is 1.48. The summed E-state index contributed by atoms with van der Waals surface area (Å²) in [6, 6.07) is 12.8. The summed E-state index contributed by atoms with van der Waals surface area (Å²) in [4.78, 5) is 11.4. The Labute approximate surface area is 152 Å². The average molecular weight is 352 g/mol. The zero-order valence-electron chi connectivity index (χ0n) is 15.1. The third-order valence-corrected chi connectivity index (χ3v) is 3.72. The standard InChI is InChI=1S/C20H20N2O4/c1-13(23)22-17-11-14(5-7-18(17)24-2)16(9-10-21)15-6-8-19(25-3)20(12-15)26-4/h5-9,11-12H,1-4H3,(H,22,23). The first kappa shape index (κ1) is 18.9. The van der Waals surface area contributed by atoms with Gasteiger partial charge in [-0.25, -0.2) is 0 Å². The van der Waals surface area contributed by atoms with E-state index >= 15 is 0 Å². The van der Waals surface area contributed by atoms with E-state index in [0.717, 1.165) is 11.1 Å². The molecule has 6 heteroatoms. The van der Waals surface area contributed by atoms with Crippen LogP contribution in [-0.2, 0) is 4.79 Å². The summed E-state index contributed by atoms with van der Waals surface area (Å²) in [6.45, 7) is 1.42. The molecule has 0 atom stereocenters. The molecule has 0 heterocycles. The first-order valence-corrected chi connectivity index (χ1v) is 7.82. The molecule has 0 saturated heterocycles. The van der Waals surface area contributed by atoms with Gasteiger partial charge in [-0.15, -0.1) is 0 Å². The quantitative estimate of drug-likeness (QED) is 0.803. The van der Waals surface area contributed by atoms with E-state index in [9.17, 15) is 10.1 Å². The lowest BCUT2D eigenvalue weighted by Gasteiger charge is -2.14. The minimum absolute atomic E-state index is 0.211. The summed E-state index contributed by atoms with van der Waals surface area (Å²) in [7, 11) is 4.64. The predicted octanol–water partition coefficient (Wildman–Crippen LogP) is 3.63. The Hall–Kier alpha value is -3.46. The maximum absolute atomic E-state index is 11.4. The highest BCUT2D eigenvalue weighted by atomic mass is 16.5. The molecule has 1 amide bonds. The second-order valence-electron chi connectivity index (χ2n) is 5.35. The van der Waals surface area contributed by atoms with Crippen LogP contribution in [0.2, 0.25) is 0 Å². The van der Waals surface area contributed by atoms with Gasteiger partial charge in [-0.1, -0.05) is 12.1 Å². The Bertz CT molecular complexity index is 882. The summed E-state index contributed by atoms with van der Waals surface area (Å²) in [5, 5.41) is 12.0. The third-order valence-electron chi connectivity index (χ3n) is 3.72. The smallest absolute Gasteiger partial charge is 0.221 e. The Balaban J connectivity index is 2.57. The minimum atomic E-state index is -0.211. The highest BCUT2D eigenvalue weighted by molar-refractivity contribution is 5.92. The molecule has 0 aliphatic heterocycles. The number of rotatable bonds is 6. The fourth-order valence-corrected chi connectivity index (χ4v) is 2.56. The molecule has 0 spiro atoms. The van der Waals surface area contributed by atoms with Gasteiger partial charge in [0.25, 0.3) is 0 Å². The molecule has 1 N–H and O–H groups in total. The Morgan fingerprint density at radius 1 is 0.962 bits per heavy atom. The van der Waals surface area contributed by atoms with Gasteiger partial charge in [-0.3, -0.25) is 4.79 Å². The number of allylic oxidation sites excluding steroid dienone is 1. The van der Waals surface area contributed by atoms with E-state index in [-0.39, 0.29) is 5.91 Å². The molecule has 0 aromatic heterocycles. The topological polar surface area (TPSA) is 80.6 Å². The number of nitriles is 1. The van der Waals surface area contributed by atoms with Crippen molar-refractivity contribution in [3.8, 4) is 23.3 Å². The van der Waals surface area contributed by atoms with E-state index in [4.69, 9.17) is 14.2 Å². The lowest BCUT2D eigenvalue weighted by molar-refractivity contribution is -0.114. The number of carbonyl (C=O) groups is 1. The van der Waals surface area contributed by atoms with E-state index in [1.54, 1.807) is 38.5 Å². The second kappa shape index (κ2) is 8.58. The zero-order chi connectivity index (χ0) is 19.1. The van der Waals surface area contributed by atoms with Crippen molar-refractivity contribution in [1.82, 2.24) is 0 Å². The van der Waals surface area contributed by atoms with Gasteiger partial charge in [0.05, 0.1) is 33.1 Å². The number of nitrogens with one attached hydrogen (secondary N) is 1. The number of methoxy groups -OCH3 is 3. The van der Waals surface area contributed by atoms with Crippen molar-refractivity contribution in [3.05, 3.63) is 53.6 Å². The molecular formula is C20H20N2O4. The van der Waals surface area contributed by atoms with Crippen LogP contribution in [0.25, 0.3) is 5.57 Å². The van der Waals surface area contributed by atoms with Gasteiger partial charge in [0.1, 0.15) is 5.75 Å². The Morgan fingerprint density at radius 2 is 1.54 bits per heavy atom. The lowest BCUT2D eigenvalue weighted by Crippen LogP contribution is -2.07. The van der Waals surface area contributed by atoms with Gasteiger partial charge in [-0.2, -0.15) is 5.26 Å². The lowest BCUT2D eigenvalue weighted by atomic mass is 9.96. The van der Waals surface area contributed by atoms with Gasteiger partial charge in [0, 0.05) is 13.0 Å². The molecule has 0 saturated carbocycles. The first-order chi connectivity index (χ1) is 12.5. The molecule has 0 aliphatic rings. The largest absolute Gasteiger partial charge is 0.495 e. The average Bonchev–Trinajstić information content (AvgIpc) is 2.65. The molecule has 0 bridgehead atoms. The van der Waals surface area contributed by atoms with Crippen molar-refractivity contribution in [2.45, 2.75) is 6.92 Å². The van der Waals surface area contributed by atoms with Crippen molar-refractivity contribution < 1.29 is 19.0 Å². The fourth-order valence-electron chi connectivity index (χ4n) is 2.56. The molecule has 2 aromatic rings. The summed E-state index contributed by atoms with van der Waals surface area (Å²) < 4.78 is 15.9. The number of hydrogen-bond donors (Lipinski definition) is 1. The highest BCUT2D eigenvalue weighted by Crippen LogP contribution is 2.35. The van der Waals surface area contributed by atoms with Crippen LogP contribution in [-0.4, -0.2) is 27.2 Å². The van der Waals surface area contributed by atoms with Crippen molar-refractivity contribution in [1.29, 1.82) is 5.26 Å². The number of nitrogens with zero attached hydrogens (tertiary/aromatic N) is 1. The number of hydrogen-bond acceptors (Lipinski definition) is 5. The van der Waals surface area contributed by atoms with Crippen LogP contribution >= 0.6 is 0 Å². The maximum Gasteiger partial charge on any atom is 0.221 e. The van der Waals surface area contributed by atoms with Crippen molar-refractivity contribution in [2.24, 2.45) is 0 Å². The van der Waals surface area contributed by atoms with Crippen molar-refractivity contribution in [3.63, 3.8) is 0 Å². The van der Waals surface area contributed by atoms with Gasteiger partial charge in [0.15, 0.2) is 11.5 Å². The molecule has 2 aromatic carbocycles. The normalized spacial score (nSPS) is 10.7. The summed E-state index contributed by atoms with van der Waals surface area (Å²) >= 11 is 0. The SMILES string of the molecule is COc1ccc(C(=CC#N)c2ccc(OC)c(OC)c2)cc1NC(C)=O. The fraction of sp³-hybridized carbons (Fsp3) is 0.200. The number of anilines is 1. The molecule has 26 heavy (non-hydrogen) atoms. The first-order valence-electron chi connectivity index (χ1n) is 7.82. The van der Waals surface area contributed by atoms with Crippen LogP contribution in [0.4, 0.5) is 5.69 Å². The van der Waals surface area contributed by atoms with Crippen LogP contribution in [0.1, 0.15) is 18.1 Å². The predicted molar refractivity (Wildman–Crippen MR) is 99.5 cm³/mol. The second-order valence-corrected chi connectivity index (χ2v) is 5.35. The van der Waals surface area contributed by atoms with Gasteiger partial charge in [0.2, 0.25) is 5.91 Å². The molecule has 0 unspecified atom stereocenters. The summed E-state index contributed by atoms with van der Waals surface area (Å²) in [5.41, 5.74) is 2.75. The molecular weight excluding hydrogens is 332 g/mol. The van der Waals surface area contributed by atoms with Gasteiger partial charge in [-0.05, 0) is 41.0 Å². The van der Waals surface area contributed by atoms with Crippen LogP contribution in [0.15, 0.2) is 42.5 Å². The number of carbonyl (C=O) groups excluding carboxylic acids is 1. The van der Waals surface area contributed by atoms with Gasteiger partial charge >= 0.3 is 0 Å².